The van der Waals surface area contributed by atoms with Crippen LogP contribution < -0.4 is 11.3 Å². The van der Waals surface area contributed by atoms with Crippen molar-refractivity contribution in [1.29, 1.82) is 0 Å². The van der Waals surface area contributed by atoms with Crippen LogP contribution in [0, 0.1) is 11.6 Å². The highest BCUT2D eigenvalue weighted by Gasteiger charge is 2.40. The maximum absolute atomic E-state index is 15.6. The third kappa shape index (κ3) is 4.66. The maximum atomic E-state index is 15.6. The highest BCUT2D eigenvalue weighted by molar-refractivity contribution is 5.93. The van der Waals surface area contributed by atoms with E-state index in [-0.39, 0.29) is 11.3 Å². The van der Waals surface area contributed by atoms with E-state index in [1.54, 1.807) is 16.7 Å². The summed E-state index contributed by atoms with van der Waals surface area (Å²) in [5.41, 5.74) is 6.28. The monoisotopic (exact) mass is 596 g/mol. The Morgan fingerprint density at radius 3 is 1.89 bits per heavy atom. The Morgan fingerprint density at radius 2 is 1.33 bits per heavy atom. The van der Waals surface area contributed by atoms with Crippen molar-refractivity contribution in [2.45, 2.75) is 5.54 Å². The zero-order valence-corrected chi connectivity index (χ0v) is 23.8. The molecule has 7 rings (SSSR count). The number of fused-ring (bicyclic) bond motifs is 1. The summed E-state index contributed by atoms with van der Waals surface area (Å²) < 4.78 is 33.1. The summed E-state index contributed by atoms with van der Waals surface area (Å²) in [7, 11) is 0. The lowest BCUT2D eigenvalue weighted by Crippen LogP contribution is -2.38. The van der Waals surface area contributed by atoms with Crippen molar-refractivity contribution in [3.05, 3.63) is 174 Å². The van der Waals surface area contributed by atoms with Gasteiger partial charge in [0.25, 0.3) is 5.91 Å². The number of aromatic nitrogens is 4. The second kappa shape index (κ2) is 11.3. The van der Waals surface area contributed by atoms with E-state index in [0.29, 0.717) is 22.5 Å². The van der Waals surface area contributed by atoms with E-state index in [9.17, 15) is 9.18 Å². The van der Waals surface area contributed by atoms with Gasteiger partial charge in [0.1, 0.15) is 34.2 Å². The van der Waals surface area contributed by atoms with Gasteiger partial charge in [-0.3, -0.25) is 19.3 Å². The van der Waals surface area contributed by atoms with E-state index in [0.717, 1.165) is 22.8 Å². The smallest absolute Gasteiger partial charge is 0.283 e. The molecule has 0 aliphatic rings. The average molecular weight is 597 g/mol. The molecule has 0 aliphatic carbocycles. The van der Waals surface area contributed by atoms with Gasteiger partial charge in [0.05, 0.1) is 6.20 Å². The molecular weight excluding hydrogens is 570 g/mol. The number of nitrogens with one attached hydrogen (secondary N) is 1. The molecule has 220 valence electrons. The zero-order valence-electron chi connectivity index (χ0n) is 23.8. The first-order valence-corrected chi connectivity index (χ1v) is 14.2. The predicted octanol–water partition coefficient (Wildman–Crippen LogP) is 6.59. The van der Waals surface area contributed by atoms with Gasteiger partial charge in [0.15, 0.2) is 0 Å². The SMILES string of the molecule is NNC(=O)c1cnc2ccc(-c3cn(C(c4ccccc4)(c4ccccc4)c4ccccc4)nc3-c3ccc(F)cc3F)cn12. The van der Waals surface area contributed by atoms with Gasteiger partial charge < -0.3 is 0 Å². The molecule has 1 amide bonds. The van der Waals surface area contributed by atoms with E-state index in [2.05, 4.69) is 10.4 Å². The lowest BCUT2D eigenvalue weighted by molar-refractivity contribution is 0.0948. The van der Waals surface area contributed by atoms with Gasteiger partial charge >= 0.3 is 0 Å². The Labute approximate surface area is 257 Å². The number of hydrogen-bond donors (Lipinski definition) is 2. The van der Waals surface area contributed by atoms with Gasteiger partial charge in [-0.25, -0.2) is 19.6 Å². The molecule has 0 atom stereocenters. The summed E-state index contributed by atoms with van der Waals surface area (Å²) in [4.78, 5) is 16.8. The first kappa shape index (κ1) is 27.9. The van der Waals surface area contributed by atoms with Crippen LogP contribution in [0.1, 0.15) is 27.2 Å². The summed E-state index contributed by atoms with van der Waals surface area (Å²) in [5.74, 6) is 3.46. The maximum Gasteiger partial charge on any atom is 0.283 e. The van der Waals surface area contributed by atoms with E-state index in [1.807, 2.05) is 108 Å². The van der Waals surface area contributed by atoms with Crippen LogP contribution in [0.15, 0.2) is 140 Å². The molecule has 0 unspecified atom stereocenters. The molecule has 45 heavy (non-hydrogen) atoms. The number of hydrazine groups is 1. The summed E-state index contributed by atoms with van der Waals surface area (Å²) in [6, 6.07) is 36.9. The van der Waals surface area contributed by atoms with Gasteiger partial charge in [0.2, 0.25) is 0 Å². The topological polar surface area (TPSA) is 90.2 Å². The van der Waals surface area contributed by atoms with Crippen LogP contribution in [0.2, 0.25) is 0 Å². The summed E-state index contributed by atoms with van der Waals surface area (Å²) in [6.45, 7) is 0. The number of nitrogen functional groups attached to an aromatic ring is 1. The van der Waals surface area contributed by atoms with Crippen LogP contribution in [0.5, 0.6) is 0 Å². The highest BCUT2D eigenvalue weighted by atomic mass is 19.1. The third-order valence-corrected chi connectivity index (χ3v) is 8.00. The molecule has 0 bridgehead atoms. The molecule has 0 fully saturated rings. The van der Waals surface area contributed by atoms with Crippen LogP contribution >= 0.6 is 0 Å². The van der Waals surface area contributed by atoms with E-state index in [4.69, 9.17) is 10.9 Å². The Morgan fingerprint density at radius 1 is 0.733 bits per heavy atom. The van der Waals surface area contributed by atoms with Crippen molar-refractivity contribution in [2.24, 2.45) is 5.84 Å². The molecule has 0 spiro atoms. The Bertz CT molecular complexity index is 2050. The number of rotatable bonds is 7. The van der Waals surface area contributed by atoms with Crippen molar-refractivity contribution in [3.8, 4) is 22.4 Å². The second-order valence-electron chi connectivity index (χ2n) is 10.5. The van der Waals surface area contributed by atoms with Crippen molar-refractivity contribution < 1.29 is 13.6 Å². The summed E-state index contributed by atoms with van der Waals surface area (Å²) >= 11 is 0. The standard InChI is InChI=1S/C36H26F2N6O/c37-28-17-18-29(31(38)20-28)34-30(24-16-19-33-40-21-32(35(45)41-39)43(33)22-24)23-44(42-34)36(25-10-4-1-5-11-25,26-12-6-2-7-13-26)27-14-8-3-9-15-27/h1-23H,39H2,(H,41,45). The van der Waals surface area contributed by atoms with Gasteiger partial charge in [-0.05, 0) is 41.0 Å². The number of imidazole rings is 1. The normalized spacial score (nSPS) is 11.5. The number of nitrogens with two attached hydrogens (primary N) is 1. The van der Waals surface area contributed by atoms with Crippen LogP contribution in [0.4, 0.5) is 8.78 Å². The van der Waals surface area contributed by atoms with Crippen molar-refractivity contribution >= 4 is 11.6 Å². The Hall–Kier alpha value is -5.93. The molecule has 0 saturated heterocycles. The lowest BCUT2D eigenvalue weighted by Gasteiger charge is -2.36. The summed E-state index contributed by atoms with van der Waals surface area (Å²) in [6.07, 6.45) is 5.02. The van der Waals surface area contributed by atoms with Crippen molar-refractivity contribution in [3.63, 3.8) is 0 Å². The van der Waals surface area contributed by atoms with Crippen molar-refractivity contribution in [2.75, 3.05) is 0 Å². The molecule has 7 aromatic rings. The van der Waals surface area contributed by atoms with E-state index < -0.39 is 23.1 Å². The quantitative estimate of drug-likeness (QED) is 0.0941. The van der Waals surface area contributed by atoms with Gasteiger partial charge in [-0.1, -0.05) is 91.0 Å². The predicted molar refractivity (Wildman–Crippen MR) is 168 cm³/mol. The minimum absolute atomic E-state index is 0.124. The number of hydrogen-bond acceptors (Lipinski definition) is 4. The number of halogens is 2. The average Bonchev–Trinajstić information content (AvgIpc) is 3.71. The van der Waals surface area contributed by atoms with Crippen LogP contribution in [-0.4, -0.2) is 25.1 Å². The number of amides is 1. The zero-order chi connectivity index (χ0) is 31.0. The molecule has 7 nitrogen and oxygen atoms in total. The molecule has 3 aromatic heterocycles. The van der Waals surface area contributed by atoms with Crippen molar-refractivity contribution in [1.82, 2.24) is 24.6 Å². The third-order valence-electron chi connectivity index (χ3n) is 8.00. The first-order valence-electron chi connectivity index (χ1n) is 14.2. The van der Waals surface area contributed by atoms with Crippen LogP contribution in [0.3, 0.4) is 0 Å². The number of carbonyl (C=O) groups excluding carboxylic acids is 1. The molecule has 3 heterocycles. The molecule has 4 aromatic carbocycles. The largest absolute Gasteiger partial charge is 0.295 e. The number of pyridine rings is 1. The molecule has 9 heteroatoms. The minimum Gasteiger partial charge on any atom is -0.295 e. The van der Waals surface area contributed by atoms with Crippen LogP contribution in [-0.2, 0) is 5.54 Å². The molecule has 0 aliphatic heterocycles. The molecular formula is C36H26F2N6O. The minimum atomic E-state index is -0.989. The Kier molecular flexibility index (Phi) is 6.99. The van der Waals surface area contributed by atoms with Gasteiger partial charge in [0, 0.05) is 35.2 Å². The fourth-order valence-corrected chi connectivity index (χ4v) is 5.95. The molecule has 3 N–H and O–H groups in total. The van der Waals surface area contributed by atoms with E-state index in [1.165, 1.54) is 18.3 Å². The van der Waals surface area contributed by atoms with Gasteiger partial charge in [-0.15, -0.1) is 0 Å². The molecule has 0 radical (unpaired) electrons. The lowest BCUT2D eigenvalue weighted by atomic mass is 9.77. The first-order chi connectivity index (χ1) is 22.0. The number of carbonyl (C=O) groups is 1. The highest BCUT2D eigenvalue weighted by Crippen LogP contribution is 2.43. The number of nitrogens with zero attached hydrogens (tertiary/aromatic N) is 4. The fraction of sp³-hybridized carbons (Fsp3) is 0.0278. The summed E-state index contributed by atoms with van der Waals surface area (Å²) in [5, 5.41) is 5.12. The van der Waals surface area contributed by atoms with E-state index >= 15 is 4.39 Å². The fourth-order valence-electron chi connectivity index (χ4n) is 5.95. The second-order valence-corrected chi connectivity index (χ2v) is 10.5. The van der Waals surface area contributed by atoms with Crippen LogP contribution in [0.25, 0.3) is 28.0 Å². The van der Waals surface area contributed by atoms with Gasteiger partial charge in [-0.2, -0.15) is 5.10 Å². The number of benzene rings is 4. The molecule has 0 saturated carbocycles. The Balaban J connectivity index is 1.58.